The Morgan fingerprint density at radius 2 is 1.94 bits per heavy atom. The van der Waals surface area contributed by atoms with Gasteiger partial charge < -0.3 is 30.8 Å². The fourth-order valence-electron chi connectivity index (χ4n) is 3.67. The van der Waals surface area contributed by atoms with Crippen LogP contribution in [-0.2, 0) is 14.4 Å². The first-order chi connectivity index (χ1) is 16.3. The molecule has 4 rings (SSSR count). The van der Waals surface area contributed by atoms with E-state index in [2.05, 4.69) is 25.9 Å². The number of H-pyrrole nitrogens is 1. The minimum Gasteiger partial charge on any atom is -0.543 e. The Bertz CT molecular complexity index is 1250. The normalized spacial score (nSPS) is 19.5. The van der Waals surface area contributed by atoms with Gasteiger partial charge in [-0.2, -0.15) is 0 Å². The van der Waals surface area contributed by atoms with Crippen LogP contribution in [0.25, 0.3) is 0 Å². The minimum atomic E-state index is -1.45. The fourth-order valence-corrected chi connectivity index (χ4v) is 4.96. The number of aliphatic carboxylic acids is 1. The largest absolute Gasteiger partial charge is 1.00 e. The zero-order chi connectivity index (χ0) is 24.4. The summed E-state index contributed by atoms with van der Waals surface area (Å²) in [6.45, 7) is 1.61. The van der Waals surface area contributed by atoms with Crippen LogP contribution in [0.5, 0.6) is 0 Å². The quantitative estimate of drug-likeness (QED) is 0.227. The number of fused-ring (bicyclic) bond motifs is 1. The number of aromatic nitrogens is 2. The van der Waals surface area contributed by atoms with Crippen LogP contribution in [0.1, 0.15) is 18.5 Å². The molecule has 3 atom stereocenters. The summed E-state index contributed by atoms with van der Waals surface area (Å²) in [5.74, 6) is -2.34. The molecule has 1 unspecified atom stereocenters. The molecule has 1 saturated heterocycles. The first kappa shape index (κ1) is 26.5. The number of carboxylic acids is 1. The van der Waals surface area contributed by atoms with Crippen LogP contribution in [0.4, 0.5) is 10.5 Å². The molecule has 2 aliphatic rings. The fraction of sp³-hybridized carbons (Fsp3) is 0.238. The SMILES string of the molecule is CC1=C(C(=O)[O-])N2C(=O)C(NC(=O)[C@H](NC(=O)Nc3cnc[nH]c3=O)c3ccccc3)[C@H]2SC1.[Na+]. The predicted molar refractivity (Wildman–Crippen MR) is 119 cm³/mol. The van der Waals surface area contributed by atoms with Crippen molar-refractivity contribution in [2.75, 3.05) is 11.1 Å². The maximum absolute atomic E-state index is 13.1. The Hall–Kier alpha value is -3.13. The first-order valence-corrected chi connectivity index (χ1v) is 11.1. The third kappa shape index (κ3) is 5.42. The summed E-state index contributed by atoms with van der Waals surface area (Å²) < 4.78 is 0. The third-order valence-corrected chi connectivity index (χ3v) is 6.71. The van der Waals surface area contributed by atoms with Gasteiger partial charge in [-0.25, -0.2) is 9.78 Å². The summed E-state index contributed by atoms with van der Waals surface area (Å²) in [7, 11) is 0. The summed E-state index contributed by atoms with van der Waals surface area (Å²) in [5.41, 5.74) is 0.0599. The van der Waals surface area contributed by atoms with Crippen molar-refractivity contribution in [2.24, 2.45) is 0 Å². The Balaban J connectivity index is 0.00000342. The van der Waals surface area contributed by atoms with Gasteiger partial charge in [-0.1, -0.05) is 30.3 Å². The number of amides is 4. The molecule has 14 heteroatoms. The molecule has 0 bridgehead atoms. The van der Waals surface area contributed by atoms with E-state index in [-0.39, 0.29) is 40.9 Å². The second-order valence-corrected chi connectivity index (χ2v) is 8.65. The number of nitrogens with zero attached hydrogens (tertiary/aromatic N) is 2. The number of anilines is 1. The number of nitrogens with one attached hydrogen (secondary N) is 4. The molecule has 1 aromatic carbocycles. The molecule has 1 fully saturated rings. The second-order valence-electron chi connectivity index (χ2n) is 7.55. The summed E-state index contributed by atoms with van der Waals surface area (Å²) >= 11 is 1.32. The zero-order valence-corrected chi connectivity index (χ0v) is 21.5. The number of benzene rings is 1. The molecule has 2 aliphatic heterocycles. The first-order valence-electron chi connectivity index (χ1n) is 10.1. The summed E-state index contributed by atoms with van der Waals surface area (Å²) in [6, 6.07) is 5.30. The van der Waals surface area contributed by atoms with Crippen LogP contribution in [0.2, 0.25) is 0 Å². The van der Waals surface area contributed by atoms with E-state index in [9.17, 15) is 29.1 Å². The van der Waals surface area contributed by atoms with Gasteiger partial charge in [0.2, 0.25) is 5.91 Å². The van der Waals surface area contributed by atoms with Gasteiger partial charge in [0, 0.05) is 5.75 Å². The molecule has 0 aliphatic carbocycles. The van der Waals surface area contributed by atoms with Crippen molar-refractivity contribution >= 4 is 41.3 Å². The Labute approximate surface area is 225 Å². The Morgan fingerprint density at radius 1 is 1.23 bits per heavy atom. The van der Waals surface area contributed by atoms with Crippen molar-refractivity contribution in [3.8, 4) is 0 Å². The van der Waals surface area contributed by atoms with E-state index in [1.807, 2.05) is 0 Å². The van der Waals surface area contributed by atoms with Gasteiger partial charge in [0.1, 0.15) is 23.1 Å². The second kappa shape index (κ2) is 11.1. The van der Waals surface area contributed by atoms with E-state index in [1.165, 1.54) is 11.8 Å². The predicted octanol–water partition coefficient (Wildman–Crippen LogP) is -3.94. The van der Waals surface area contributed by atoms with Crippen LogP contribution in [-0.4, -0.2) is 55.9 Å². The summed E-state index contributed by atoms with van der Waals surface area (Å²) in [5, 5.41) is 18.3. The zero-order valence-electron chi connectivity index (χ0n) is 18.7. The van der Waals surface area contributed by atoms with Gasteiger partial charge in [0.25, 0.3) is 11.5 Å². The van der Waals surface area contributed by atoms with E-state index in [0.717, 1.165) is 17.4 Å². The number of hydrogen-bond acceptors (Lipinski definition) is 8. The molecule has 176 valence electrons. The molecule has 2 aromatic rings. The van der Waals surface area contributed by atoms with E-state index in [1.54, 1.807) is 37.3 Å². The Morgan fingerprint density at radius 3 is 2.60 bits per heavy atom. The van der Waals surface area contributed by atoms with Gasteiger partial charge >= 0.3 is 35.6 Å². The number of urea groups is 1. The van der Waals surface area contributed by atoms with E-state index in [0.29, 0.717) is 16.9 Å². The molecular formula is C21H19N6NaO6S. The van der Waals surface area contributed by atoms with Gasteiger partial charge in [-0.05, 0) is 18.1 Å². The van der Waals surface area contributed by atoms with E-state index in [4.69, 9.17) is 0 Å². The minimum absolute atomic E-state index is 0. The van der Waals surface area contributed by atoms with E-state index < -0.39 is 46.8 Å². The molecule has 12 nitrogen and oxygen atoms in total. The van der Waals surface area contributed by atoms with Crippen molar-refractivity contribution in [2.45, 2.75) is 24.4 Å². The third-order valence-electron chi connectivity index (χ3n) is 5.29. The van der Waals surface area contributed by atoms with Crippen molar-refractivity contribution < 1.29 is 53.8 Å². The molecule has 0 spiro atoms. The summed E-state index contributed by atoms with van der Waals surface area (Å²) in [6.07, 6.45) is 2.32. The van der Waals surface area contributed by atoms with Crippen LogP contribution in [0.15, 0.2) is 58.9 Å². The van der Waals surface area contributed by atoms with E-state index >= 15 is 0 Å². The van der Waals surface area contributed by atoms with Crippen LogP contribution in [0.3, 0.4) is 0 Å². The topological polar surface area (TPSA) is 176 Å². The molecule has 0 radical (unpaired) electrons. The number of hydrogen-bond donors (Lipinski definition) is 4. The van der Waals surface area contributed by atoms with Crippen molar-refractivity contribution in [1.82, 2.24) is 25.5 Å². The molecule has 1 aromatic heterocycles. The maximum atomic E-state index is 13.1. The smallest absolute Gasteiger partial charge is 0.543 e. The molecule has 4 N–H and O–H groups in total. The van der Waals surface area contributed by atoms with Crippen molar-refractivity contribution in [3.05, 3.63) is 70.0 Å². The number of carbonyl (C=O) groups excluding carboxylic acids is 4. The number of carbonyl (C=O) groups is 4. The number of aromatic amines is 1. The monoisotopic (exact) mass is 506 g/mol. The molecular weight excluding hydrogens is 487 g/mol. The average Bonchev–Trinajstić information content (AvgIpc) is 2.82. The molecule has 0 saturated carbocycles. The number of rotatable bonds is 6. The van der Waals surface area contributed by atoms with Crippen LogP contribution in [0, 0.1) is 0 Å². The summed E-state index contributed by atoms with van der Waals surface area (Å²) in [4.78, 5) is 68.8. The van der Waals surface area contributed by atoms with Crippen molar-refractivity contribution in [1.29, 1.82) is 0 Å². The van der Waals surface area contributed by atoms with Gasteiger partial charge in [-0.3, -0.25) is 19.3 Å². The maximum Gasteiger partial charge on any atom is 1.00 e. The van der Waals surface area contributed by atoms with Crippen LogP contribution >= 0.6 is 11.8 Å². The average molecular weight is 506 g/mol. The standard InChI is InChI=1S/C21H20N6O6S.Na/c1-10-8-34-19-14(18(30)27(19)15(10)20(31)32)25-17(29)13(11-5-3-2-4-6-11)26-21(33)24-12-7-22-9-23-16(12)28;/h2-7,9,13-14,19H,8H2,1H3,(H,25,29)(H,31,32)(H,22,23,28)(H2,24,26,33);/q;+1/p-1/t13-,14?,19-;/m1./s1. The number of thioether (sulfide) groups is 1. The number of β-lactam (4-membered cyclic amide) rings is 1. The molecule has 35 heavy (non-hydrogen) atoms. The molecule has 4 amide bonds. The van der Waals surface area contributed by atoms with Gasteiger partial charge in [-0.15, -0.1) is 11.8 Å². The number of carboxylic acid groups (broad SMARTS) is 1. The van der Waals surface area contributed by atoms with Gasteiger partial charge in [0.15, 0.2) is 0 Å². The van der Waals surface area contributed by atoms with Crippen LogP contribution < -0.4 is 56.2 Å². The Kier molecular flexibility index (Phi) is 8.38. The molecule has 3 heterocycles. The van der Waals surface area contributed by atoms with Gasteiger partial charge in [0.05, 0.1) is 24.2 Å². The van der Waals surface area contributed by atoms with Crippen molar-refractivity contribution in [3.63, 3.8) is 0 Å².